The van der Waals surface area contributed by atoms with Gasteiger partial charge in [-0.25, -0.2) is 4.39 Å². The van der Waals surface area contributed by atoms with Crippen LogP contribution in [0.2, 0.25) is 0 Å². The van der Waals surface area contributed by atoms with Crippen LogP contribution in [0.3, 0.4) is 0 Å². The normalized spacial score (nSPS) is 9.08. The van der Waals surface area contributed by atoms with Crippen LogP contribution in [0.5, 0.6) is 5.75 Å². The van der Waals surface area contributed by atoms with E-state index in [4.69, 9.17) is 10.3 Å². The fourth-order valence-electron chi connectivity index (χ4n) is 0.916. The molecule has 0 aliphatic heterocycles. The molecule has 1 aromatic carbocycles. The van der Waals surface area contributed by atoms with E-state index < -0.39 is 5.82 Å². The first-order valence-corrected chi connectivity index (χ1v) is 3.61. The summed E-state index contributed by atoms with van der Waals surface area (Å²) in [6.45, 7) is 0.202. The van der Waals surface area contributed by atoms with Gasteiger partial charge in [-0.15, -0.1) is 0 Å². The average Bonchev–Trinajstić information content (AvgIpc) is 2.16. The van der Waals surface area contributed by atoms with Crippen molar-refractivity contribution in [3.8, 4) is 5.75 Å². The van der Waals surface area contributed by atoms with Gasteiger partial charge in [0.25, 0.3) is 0 Å². The Hall–Kier alpha value is -1.74. The second-order valence-corrected chi connectivity index (χ2v) is 2.36. The minimum absolute atomic E-state index is 0.158. The lowest BCUT2D eigenvalue weighted by molar-refractivity contribution is 0.386. The second kappa shape index (κ2) is 4.33. The highest BCUT2D eigenvalue weighted by Gasteiger charge is 2.01. The van der Waals surface area contributed by atoms with E-state index in [0.29, 0.717) is 0 Å². The van der Waals surface area contributed by atoms with Crippen LogP contribution < -0.4 is 4.74 Å². The van der Waals surface area contributed by atoms with Gasteiger partial charge >= 0.3 is 0 Å². The lowest BCUT2D eigenvalue weighted by Gasteiger charge is -2.02. The number of hydrogen-bond acceptors (Lipinski definition) is 2. The Kier molecular flexibility index (Phi) is 3.11. The van der Waals surface area contributed by atoms with Crippen molar-refractivity contribution in [1.82, 2.24) is 0 Å². The fourth-order valence-corrected chi connectivity index (χ4v) is 0.916. The van der Waals surface area contributed by atoms with E-state index in [2.05, 4.69) is 10.0 Å². The molecule has 0 fully saturated rings. The van der Waals surface area contributed by atoms with Gasteiger partial charge in [0.1, 0.15) is 0 Å². The third kappa shape index (κ3) is 2.35. The highest BCUT2D eigenvalue weighted by atomic mass is 19.1. The molecule has 0 aliphatic carbocycles. The van der Waals surface area contributed by atoms with E-state index >= 15 is 0 Å². The maximum atomic E-state index is 12.9. The molecule has 1 aromatic rings. The minimum atomic E-state index is -0.424. The number of azide groups is 1. The van der Waals surface area contributed by atoms with Gasteiger partial charge in [-0.05, 0) is 23.2 Å². The Bertz CT molecular complexity index is 347. The first-order chi connectivity index (χ1) is 6.27. The largest absolute Gasteiger partial charge is 0.494 e. The summed E-state index contributed by atoms with van der Waals surface area (Å²) in [4.78, 5) is 2.60. The molecule has 0 atom stereocenters. The molecule has 0 saturated heterocycles. The summed E-state index contributed by atoms with van der Waals surface area (Å²) >= 11 is 0. The Labute approximate surface area is 74.6 Å². The van der Waals surface area contributed by atoms with Crippen LogP contribution in [-0.2, 0) is 6.54 Å². The van der Waals surface area contributed by atoms with Crippen molar-refractivity contribution < 1.29 is 9.13 Å². The van der Waals surface area contributed by atoms with Gasteiger partial charge in [0.05, 0.1) is 13.7 Å². The molecule has 1 rings (SSSR count). The molecule has 13 heavy (non-hydrogen) atoms. The molecular weight excluding hydrogens is 173 g/mol. The molecule has 0 amide bonds. The highest BCUT2D eigenvalue weighted by molar-refractivity contribution is 5.30. The predicted molar refractivity (Wildman–Crippen MR) is 45.8 cm³/mol. The summed E-state index contributed by atoms with van der Waals surface area (Å²) in [6.07, 6.45) is 0. The third-order valence-corrected chi connectivity index (χ3v) is 1.53. The zero-order valence-electron chi connectivity index (χ0n) is 7.07. The van der Waals surface area contributed by atoms with Gasteiger partial charge < -0.3 is 4.74 Å². The van der Waals surface area contributed by atoms with E-state index in [-0.39, 0.29) is 12.3 Å². The number of hydrogen-bond donors (Lipinski definition) is 0. The summed E-state index contributed by atoms with van der Waals surface area (Å²) in [5.41, 5.74) is 8.78. The second-order valence-electron chi connectivity index (χ2n) is 2.36. The van der Waals surface area contributed by atoms with Gasteiger partial charge in [0.15, 0.2) is 11.6 Å². The Morgan fingerprint density at radius 1 is 1.62 bits per heavy atom. The zero-order chi connectivity index (χ0) is 9.68. The van der Waals surface area contributed by atoms with Gasteiger partial charge in [-0.1, -0.05) is 11.2 Å². The summed E-state index contributed by atoms with van der Waals surface area (Å²) < 4.78 is 17.6. The molecular formula is C8H8FN3O. The molecule has 0 aromatic heterocycles. The Morgan fingerprint density at radius 3 is 3.00 bits per heavy atom. The molecule has 0 unspecified atom stereocenters. The quantitative estimate of drug-likeness (QED) is 0.401. The lowest BCUT2D eigenvalue weighted by atomic mass is 10.2. The van der Waals surface area contributed by atoms with Crippen LogP contribution in [0.1, 0.15) is 5.56 Å². The number of benzene rings is 1. The van der Waals surface area contributed by atoms with E-state index in [1.54, 1.807) is 6.07 Å². The van der Waals surface area contributed by atoms with Crippen molar-refractivity contribution in [1.29, 1.82) is 0 Å². The predicted octanol–water partition coefficient (Wildman–Crippen LogP) is 2.64. The number of rotatable bonds is 3. The summed E-state index contributed by atoms with van der Waals surface area (Å²) in [5.74, 6) is -0.266. The van der Waals surface area contributed by atoms with Gasteiger partial charge in [0.2, 0.25) is 0 Å². The van der Waals surface area contributed by atoms with Crippen molar-refractivity contribution in [2.45, 2.75) is 6.54 Å². The maximum absolute atomic E-state index is 12.9. The van der Waals surface area contributed by atoms with Crippen LogP contribution >= 0.6 is 0 Å². The van der Waals surface area contributed by atoms with Crippen LogP contribution in [0.4, 0.5) is 4.39 Å². The summed E-state index contributed by atoms with van der Waals surface area (Å²) in [5, 5.41) is 3.35. The molecule has 0 aliphatic rings. The van der Waals surface area contributed by atoms with E-state index in [1.807, 2.05) is 0 Å². The minimum Gasteiger partial charge on any atom is -0.494 e. The van der Waals surface area contributed by atoms with Crippen molar-refractivity contribution in [2.75, 3.05) is 7.11 Å². The standard InChI is InChI=1S/C8H8FN3O/c1-13-8-4-6(5-11-12-10)2-3-7(8)9/h2-4H,5H2,1H3. The molecule has 5 heteroatoms. The monoisotopic (exact) mass is 181 g/mol. The van der Waals surface area contributed by atoms with Crippen LogP contribution in [0, 0.1) is 5.82 Å². The molecule has 0 saturated carbocycles. The van der Waals surface area contributed by atoms with Gasteiger partial charge in [-0.2, -0.15) is 0 Å². The van der Waals surface area contributed by atoms with Crippen molar-refractivity contribution >= 4 is 0 Å². The molecule has 0 bridgehead atoms. The number of nitrogens with zero attached hydrogens (tertiary/aromatic N) is 3. The van der Waals surface area contributed by atoms with Crippen molar-refractivity contribution in [3.63, 3.8) is 0 Å². The van der Waals surface area contributed by atoms with Crippen LogP contribution in [0.25, 0.3) is 10.4 Å². The number of halogens is 1. The fraction of sp³-hybridized carbons (Fsp3) is 0.250. The van der Waals surface area contributed by atoms with Crippen LogP contribution in [0.15, 0.2) is 23.3 Å². The molecule has 0 radical (unpaired) electrons. The smallest absolute Gasteiger partial charge is 0.165 e. The molecule has 0 N–H and O–H groups in total. The Balaban J connectivity index is 2.92. The third-order valence-electron chi connectivity index (χ3n) is 1.53. The first kappa shape index (κ1) is 9.35. The van der Waals surface area contributed by atoms with E-state index in [9.17, 15) is 4.39 Å². The highest BCUT2D eigenvalue weighted by Crippen LogP contribution is 2.18. The summed E-state index contributed by atoms with van der Waals surface area (Å²) in [6, 6.07) is 4.33. The maximum Gasteiger partial charge on any atom is 0.165 e. The molecule has 68 valence electrons. The number of methoxy groups -OCH3 is 1. The first-order valence-electron chi connectivity index (χ1n) is 3.61. The zero-order valence-corrected chi connectivity index (χ0v) is 7.07. The number of ether oxygens (including phenoxy) is 1. The van der Waals surface area contributed by atoms with Crippen LogP contribution in [-0.4, -0.2) is 7.11 Å². The summed E-state index contributed by atoms with van der Waals surface area (Å²) in [7, 11) is 1.38. The van der Waals surface area contributed by atoms with E-state index in [0.717, 1.165) is 5.56 Å². The topological polar surface area (TPSA) is 58.0 Å². The SMILES string of the molecule is COc1cc(CN=[N+]=[N-])ccc1F. The molecule has 0 spiro atoms. The average molecular weight is 181 g/mol. The van der Waals surface area contributed by atoms with Crippen molar-refractivity contribution in [3.05, 3.63) is 40.0 Å². The van der Waals surface area contributed by atoms with E-state index in [1.165, 1.54) is 19.2 Å². The van der Waals surface area contributed by atoms with Gasteiger partial charge in [0, 0.05) is 4.91 Å². The Morgan fingerprint density at radius 2 is 2.38 bits per heavy atom. The van der Waals surface area contributed by atoms with Crippen molar-refractivity contribution in [2.24, 2.45) is 5.11 Å². The van der Waals surface area contributed by atoms with Gasteiger partial charge in [-0.3, -0.25) is 0 Å². The molecule has 4 nitrogen and oxygen atoms in total. The molecule has 0 heterocycles. The lowest BCUT2D eigenvalue weighted by Crippen LogP contribution is -1.89.